The number of amides is 1. The normalized spacial score (nSPS) is 20.7. The SMILES string of the molecule is C=CCOc1ccc([C@H]2/C(=C(\O)c3ccccc3)C(=O)C(=O)N2CCN2CCOCC2)cc1. The van der Waals surface area contributed by atoms with Crippen LogP contribution in [0.5, 0.6) is 5.75 Å². The summed E-state index contributed by atoms with van der Waals surface area (Å²) < 4.78 is 11.0. The maximum absolute atomic E-state index is 13.1. The number of morpholine rings is 1. The van der Waals surface area contributed by atoms with E-state index in [1.165, 1.54) is 0 Å². The van der Waals surface area contributed by atoms with E-state index in [0.29, 0.717) is 44.2 Å². The highest BCUT2D eigenvalue weighted by atomic mass is 16.5. The van der Waals surface area contributed by atoms with Crippen molar-refractivity contribution in [2.24, 2.45) is 0 Å². The molecule has 2 heterocycles. The number of Topliss-reactive ketones (excluding diaryl/α,β-unsaturated/α-hetero) is 1. The van der Waals surface area contributed by atoms with Gasteiger partial charge in [0.25, 0.3) is 11.7 Å². The Morgan fingerprint density at radius 3 is 2.42 bits per heavy atom. The van der Waals surface area contributed by atoms with Gasteiger partial charge in [-0.3, -0.25) is 14.5 Å². The number of likely N-dealkylation sites (tertiary alicyclic amines) is 1. The number of benzene rings is 2. The second kappa shape index (κ2) is 10.5. The number of aliphatic hydroxyl groups excluding tert-OH is 1. The number of carbonyl (C=O) groups excluding carboxylic acids is 2. The summed E-state index contributed by atoms with van der Waals surface area (Å²) in [7, 11) is 0. The van der Waals surface area contributed by atoms with E-state index in [-0.39, 0.29) is 11.3 Å². The van der Waals surface area contributed by atoms with Crippen molar-refractivity contribution in [1.82, 2.24) is 9.80 Å². The first kappa shape index (κ1) is 22.8. The lowest BCUT2D eigenvalue weighted by atomic mass is 9.95. The van der Waals surface area contributed by atoms with E-state index in [2.05, 4.69) is 11.5 Å². The van der Waals surface area contributed by atoms with E-state index in [1.54, 1.807) is 47.4 Å². The molecular formula is C26H28N2O5. The van der Waals surface area contributed by atoms with Gasteiger partial charge in [0.2, 0.25) is 0 Å². The van der Waals surface area contributed by atoms with E-state index in [4.69, 9.17) is 9.47 Å². The fraction of sp³-hybridized carbons (Fsp3) is 0.308. The van der Waals surface area contributed by atoms with Crippen molar-refractivity contribution in [3.8, 4) is 5.75 Å². The zero-order chi connectivity index (χ0) is 23.2. The lowest BCUT2D eigenvalue weighted by molar-refractivity contribution is -0.140. The number of ether oxygens (including phenoxy) is 2. The summed E-state index contributed by atoms with van der Waals surface area (Å²) in [6.07, 6.45) is 1.66. The van der Waals surface area contributed by atoms with Gasteiger partial charge < -0.3 is 19.5 Å². The standard InChI is InChI=1S/C26H28N2O5/c1-2-16-33-21-10-8-19(9-11-21)23-22(24(29)20-6-4-3-5-7-20)25(30)26(31)28(23)13-12-27-14-17-32-18-15-27/h2-11,23,29H,1,12-18H2/b24-22+/t23-/m0/s1. The van der Waals surface area contributed by atoms with Crippen LogP contribution in [0.3, 0.4) is 0 Å². The van der Waals surface area contributed by atoms with Crippen LogP contribution >= 0.6 is 0 Å². The van der Waals surface area contributed by atoms with Crippen molar-refractivity contribution in [3.63, 3.8) is 0 Å². The molecule has 2 aliphatic rings. The van der Waals surface area contributed by atoms with Crippen LogP contribution in [-0.2, 0) is 14.3 Å². The number of aliphatic hydroxyl groups is 1. The molecule has 2 fully saturated rings. The third kappa shape index (κ3) is 4.99. The van der Waals surface area contributed by atoms with E-state index in [1.807, 2.05) is 18.2 Å². The maximum Gasteiger partial charge on any atom is 0.295 e. The van der Waals surface area contributed by atoms with Gasteiger partial charge in [-0.2, -0.15) is 0 Å². The molecular weight excluding hydrogens is 420 g/mol. The molecule has 2 aromatic rings. The molecule has 0 saturated carbocycles. The lowest BCUT2D eigenvalue weighted by Gasteiger charge is -2.31. The van der Waals surface area contributed by atoms with Crippen molar-refractivity contribution < 1.29 is 24.2 Å². The highest BCUT2D eigenvalue weighted by molar-refractivity contribution is 6.46. The molecule has 2 aliphatic heterocycles. The van der Waals surface area contributed by atoms with E-state index < -0.39 is 17.7 Å². The molecule has 33 heavy (non-hydrogen) atoms. The predicted octanol–water partition coefficient (Wildman–Crippen LogP) is 3.01. The minimum Gasteiger partial charge on any atom is -0.507 e. The smallest absolute Gasteiger partial charge is 0.295 e. The number of ketones is 1. The first-order valence-corrected chi connectivity index (χ1v) is 11.1. The van der Waals surface area contributed by atoms with Crippen LogP contribution in [0.15, 0.2) is 72.8 Å². The average Bonchev–Trinajstić information content (AvgIpc) is 3.12. The first-order chi connectivity index (χ1) is 16.1. The van der Waals surface area contributed by atoms with E-state index in [9.17, 15) is 14.7 Å². The van der Waals surface area contributed by atoms with Crippen LogP contribution in [0.2, 0.25) is 0 Å². The van der Waals surface area contributed by atoms with Gasteiger partial charge in [0.05, 0.1) is 24.8 Å². The molecule has 0 unspecified atom stereocenters. The van der Waals surface area contributed by atoms with Gasteiger partial charge in [0.1, 0.15) is 18.1 Å². The van der Waals surface area contributed by atoms with Crippen molar-refractivity contribution in [3.05, 3.63) is 84.0 Å². The third-order valence-electron chi connectivity index (χ3n) is 5.91. The maximum atomic E-state index is 13.1. The van der Waals surface area contributed by atoms with Gasteiger partial charge in [-0.15, -0.1) is 0 Å². The Balaban J connectivity index is 1.69. The van der Waals surface area contributed by atoms with Gasteiger partial charge in [-0.1, -0.05) is 55.1 Å². The van der Waals surface area contributed by atoms with E-state index in [0.717, 1.165) is 18.7 Å². The Kier molecular flexibility index (Phi) is 7.22. The molecule has 2 saturated heterocycles. The van der Waals surface area contributed by atoms with Crippen molar-refractivity contribution >= 4 is 17.4 Å². The van der Waals surface area contributed by atoms with Crippen LogP contribution in [0.4, 0.5) is 0 Å². The molecule has 0 bridgehead atoms. The number of hydrogen-bond acceptors (Lipinski definition) is 6. The van der Waals surface area contributed by atoms with Crippen molar-refractivity contribution in [2.45, 2.75) is 6.04 Å². The Labute approximate surface area is 193 Å². The number of rotatable bonds is 8. The Bertz CT molecular complexity index is 1030. The zero-order valence-electron chi connectivity index (χ0n) is 18.5. The molecule has 7 heteroatoms. The summed E-state index contributed by atoms with van der Waals surface area (Å²) in [5.74, 6) is -0.778. The molecule has 0 aliphatic carbocycles. The molecule has 0 radical (unpaired) electrons. The molecule has 1 atom stereocenters. The molecule has 4 rings (SSSR count). The Hall–Kier alpha value is -3.42. The van der Waals surface area contributed by atoms with Gasteiger partial charge in [-0.25, -0.2) is 0 Å². The monoisotopic (exact) mass is 448 g/mol. The second-order valence-electron chi connectivity index (χ2n) is 7.98. The molecule has 2 aromatic carbocycles. The summed E-state index contributed by atoms with van der Waals surface area (Å²) in [5, 5.41) is 11.1. The van der Waals surface area contributed by atoms with E-state index >= 15 is 0 Å². The molecule has 7 nitrogen and oxygen atoms in total. The van der Waals surface area contributed by atoms with Gasteiger partial charge >= 0.3 is 0 Å². The summed E-state index contributed by atoms with van der Waals surface area (Å²) in [4.78, 5) is 29.9. The van der Waals surface area contributed by atoms with Crippen LogP contribution in [0.1, 0.15) is 17.2 Å². The number of nitrogens with zero attached hydrogens (tertiary/aromatic N) is 2. The first-order valence-electron chi connectivity index (χ1n) is 11.1. The summed E-state index contributed by atoms with van der Waals surface area (Å²) in [6.45, 7) is 7.90. The van der Waals surface area contributed by atoms with Crippen molar-refractivity contribution in [2.75, 3.05) is 46.0 Å². The quantitative estimate of drug-likeness (QED) is 0.290. The van der Waals surface area contributed by atoms with Crippen LogP contribution < -0.4 is 4.74 Å². The van der Waals surface area contributed by atoms with Gasteiger partial charge in [0, 0.05) is 31.7 Å². The molecule has 0 spiro atoms. The molecule has 172 valence electrons. The predicted molar refractivity (Wildman–Crippen MR) is 125 cm³/mol. The number of carbonyl (C=O) groups is 2. The van der Waals surface area contributed by atoms with Crippen LogP contribution in [-0.4, -0.2) is 72.6 Å². The highest BCUT2D eigenvalue weighted by Gasteiger charge is 2.46. The van der Waals surface area contributed by atoms with Crippen LogP contribution in [0.25, 0.3) is 5.76 Å². The summed E-state index contributed by atoms with van der Waals surface area (Å²) >= 11 is 0. The second-order valence-corrected chi connectivity index (χ2v) is 7.98. The fourth-order valence-corrected chi connectivity index (χ4v) is 4.18. The average molecular weight is 449 g/mol. The zero-order valence-corrected chi connectivity index (χ0v) is 18.5. The minimum atomic E-state index is -0.681. The van der Waals surface area contributed by atoms with Gasteiger partial charge in [0.15, 0.2) is 0 Å². The Morgan fingerprint density at radius 1 is 1.06 bits per heavy atom. The minimum absolute atomic E-state index is 0.105. The molecule has 1 N–H and O–H groups in total. The lowest BCUT2D eigenvalue weighted by Crippen LogP contribution is -2.42. The van der Waals surface area contributed by atoms with Crippen molar-refractivity contribution in [1.29, 1.82) is 0 Å². The fourth-order valence-electron chi connectivity index (χ4n) is 4.18. The topological polar surface area (TPSA) is 79.3 Å². The highest BCUT2D eigenvalue weighted by Crippen LogP contribution is 2.39. The largest absolute Gasteiger partial charge is 0.507 e. The van der Waals surface area contributed by atoms with Gasteiger partial charge in [-0.05, 0) is 17.7 Å². The summed E-state index contributed by atoms with van der Waals surface area (Å²) in [6, 6.07) is 15.4. The number of hydrogen-bond donors (Lipinski definition) is 1. The summed E-state index contributed by atoms with van der Waals surface area (Å²) in [5.41, 5.74) is 1.34. The third-order valence-corrected chi connectivity index (χ3v) is 5.91. The molecule has 1 amide bonds. The Morgan fingerprint density at radius 2 is 1.76 bits per heavy atom. The molecule has 0 aromatic heterocycles. The van der Waals surface area contributed by atoms with Crippen LogP contribution in [0, 0.1) is 0 Å².